The van der Waals surface area contributed by atoms with Crippen molar-refractivity contribution in [3.8, 4) is 0 Å². The SMILES string of the molecule is CNC(c1ccc(Br)c(Cl)c1)c1ccc(Cl)s1. The Balaban J connectivity index is 2.38. The van der Waals surface area contributed by atoms with Crippen LogP contribution < -0.4 is 5.32 Å². The van der Waals surface area contributed by atoms with E-state index in [4.69, 9.17) is 23.2 Å². The fourth-order valence-corrected chi connectivity index (χ4v) is 3.28. The maximum Gasteiger partial charge on any atom is 0.0931 e. The number of halogens is 3. The summed E-state index contributed by atoms with van der Waals surface area (Å²) in [5.41, 5.74) is 1.12. The predicted molar refractivity (Wildman–Crippen MR) is 79.4 cm³/mol. The normalized spacial score (nSPS) is 12.7. The number of benzene rings is 1. The summed E-state index contributed by atoms with van der Waals surface area (Å²) in [5, 5.41) is 3.99. The molecule has 0 aliphatic carbocycles. The minimum Gasteiger partial charge on any atom is -0.309 e. The van der Waals surface area contributed by atoms with Gasteiger partial charge in [0, 0.05) is 9.35 Å². The van der Waals surface area contributed by atoms with Crippen molar-refractivity contribution in [3.63, 3.8) is 0 Å². The molecule has 1 atom stereocenters. The summed E-state index contributed by atoms with van der Waals surface area (Å²) in [6.07, 6.45) is 0. The number of rotatable bonds is 3. The fraction of sp³-hybridized carbons (Fsp3) is 0.167. The molecule has 0 spiro atoms. The molecule has 1 nitrogen and oxygen atoms in total. The Hall–Kier alpha value is -0.0600. The second kappa shape index (κ2) is 5.72. The highest BCUT2D eigenvalue weighted by Crippen LogP contribution is 2.33. The molecule has 0 radical (unpaired) electrons. The highest BCUT2D eigenvalue weighted by molar-refractivity contribution is 9.10. The van der Waals surface area contributed by atoms with Crippen molar-refractivity contribution in [2.45, 2.75) is 6.04 Å². The Bertz CT molecular complexity index is 527. The van der Waals surface area contributed by atoms with E-state index in [1.807, 2.05) is 37.4 Å². The topological polar surface area (TPSA) is 12.0 Å². The van der Waals surface area contributed by atoms with Crippen molar-refractivity contribution >= 4 is 50.5 Å². The van der Waals surface area contributed by atoms with E-state index < -0.39 is 0 Å². The molecule has 0 bridgehead atoms. The number of thiophene rings is 1. The third-order valence-electron chi connectivity index (χ3n) is 2.44. The molecule has 0 saturated heterocycles. The Morgan fingerprint density at radius 3 is 2.53 bits per heavy atom. The molecular formula is C12H10BrCl2NS. The molecule has 1 aromatic heterocycles. The largest absolute Gasteiger partial charge is 0.309 e. The Morgan fingerprint density at radius 1 is 1.24 bits per heavy atom. The molecule has 2 aromatic rings. The molecule has 1 heterocycles. The summed E-state index contributed by atoms with van der Waals surface area (Å²) in [5.74, 6) is 0. The number of nitrogens with one attached hydrogen (secondary N) is 1. The minimum absolute atomic E-state index is 0.123. The van der Waals surface area contributed by atoms with Gasteiger partial charge in [-0.05, 0) is 52.8 Å². The van der Waals surface area contributed by atoms with Crippen LogP contribution in [0.1, 0.15) is 16.5 Å². The molecule has 90 valence electrons. The predicted octanol–water partition coefficient (Wildman–Crippen LogP) is 5.13. The van der Waals surface area contributed by atoms with Crippen molar-refractivity contribution in [1.29, 1.82) is 0 Å². The van der Waals surface area contributed by atoms with Gasteiger partial charge in [0.2, 0.25) is 0 Å². The lowest BCUT2D eigenvalue weighted by molar-refractivity contribution is 0.704. The zero-order valence-electron chi connectivity index (χ0n) is 9.01. The lowest BCUT2D eigenvalue weighted by atomic mass is 10.1. The molecule has 0 amide bonds. The summed E-state index contributed by atoms with van der Waals surface area (Å²) in [6, 6.07) is 10.0. The highest BCUT2D eigenvalue weighted by Gasteiger charge is 2.15. The van der Waals surface area contributed by atoms with Crippen LogP contribution in [0.2, 0.25) is 9.36 Å². The van der Waals surface area contributed by atoms with E-state index in [0.717, 1.165) is 14.4 Å². The minimum atomic E-state index is 0.123. The van der Waals surface area contributed by atoms with Crippen LogP contribution in [-0.4, -0.2) is 7.05 Å². The number of hydrogen-bond acceptors (Lipinski definition) is 2. The molecule has 17 heavy (non-hydrogen) atoms. The summed E-state index contributed by atoms with van der Waals surface area (Å²) in [7, 11) is 1.92. The average Bonchev–Trinajstić information content (AvgIpc) is 2.71. The maximum atomic E-state index is 6.11. The molecule has 2 rings (SSSR count). The van der Waals surface area contributed by atoms with Crippen LogP contribution in [0.5, 0.6) is 0 Å². The Labute approximate surface area is 123 Å². The van der Waals surface area contributed by atoms with E-state index in [2.05, 4.69) is 21.2 Å². The molecule has 1 aromatic carbocycles. The van der Waals surface area contributed by atoms with Crippen LogP contribution in [-0.2, 0) is 0 Å². The van der Waals surface area contributed by atoms with Crippen LogP contribution in [0.4, 0.5) is 0 Å². The van der Waals surface area contributed by atoms with E-state index in [1.165, 1.54) is 4.88 Å². The van der Waals surface area contributed by atoms with E-state index in [0.29, 0.717) is 5.02 Å². The van der Waals surface area contributed by atoms with Crippen molar-refractivity contribution in [2.75, 3.05) is 7.05 Å². The summed E-state index contributed by atoms with van der Waals surface area (Å²) < 4.78 is 1.70. The van der Waals surface area contributed by atoms with Gasteiger partial charge in [-0.25, -0.2) is 0 Å². The van der Waals surface area contributed by atoms with Gasteiger partial charge < -0.3 is 5.32 Å². The van der Waals surface area contributed by atoms with Crippen molar-refractivity contribution in [1.82, 2.24) is 5.32 Å². The van der Waals surface area contributed by atoms with Crippen LogP contribution in [0.15, 0.2) is 34.8 Å². The molecule has 5 heteroatoms. The molecule has 1 unspecified atom stereocenters. The maximum absolute atomic E-state index is 6.11. The number of hydrogen-bond donors (Lipinski definition) is 1. The van der Waals surface area contributed by atoms with Crippen LogP contribution >= 0.6 is 50.5 Å². The van der Waals surface area contributed by atoms with Gasteiger partial charge in [-0.2, -0.15) is 0 Å². The van der Waals surface area contributed by atoms with E-state index in [9.17, 15) is 0 Å². The van der Waals surface area contributed by atoms with Gasteiger partial charge in [0.05, 0.1) is 15.4 Å². The third kappa shape index (κ3) is 3.04. The first-order valence-electron chi connectivity index (χ1n) is 4.99. The van der Waals surface area contributed by atoms with Crippen molar-refractivity contribution < 1.29 is 0 Å². The van der Waals surface area contributed by atoms with Crippen LogP contribution in [0.3, 0.4) is 0 Å². The van der Waals surface area contributed by atoms with Gasteiger partial charge in [-0.1, -0.05) is 29.3 Å². The second-order valence-electron chi connectivity index (χ2n) is 3.54. The van der Waals surface area contributed by atoms with E-state index in [1.54, 1.807) is 11.3 Å². The lowest BCUT2D eigenvalue weighted by Gasteiger charge is -2.15. The average molecular weight is 351 g/mol. The van der Waals surface area contributed by atoms with E-state index >= 15 is 0 Å². The van der Waals surface area contributed by atoms with E-state index in [-0.39, 0.29) is 6.04 Å². The van der Waals surface area contributed by atoms with Gasteiger partial charge in [-0.3, -0.25) is 0 Å². The lowest BCUT2D eigenvalue weighted by Crippen LogP contribution is -2.16. The highest BCUT2D eigenvalue weighted by atomic mass is 79.9. The van der Waals surface area contributed by atoms with Crippen molar-refractivity contribution in [2.24, 2.45) is 0 Å². The summed E-state index contributed by atoms with van der Waals surface area (Å²) >= 11 is 17.0. The van der Waals surface area contributed by atoms with Gasteiger partial charge in [0.1, 0.15) is 0 Å². The first kappa shape index (κ1) is 13.4. The smallest absolute Gasteiger partial charge is 0.0931 e. The first-order valence-corrected chi connectivity index (χ1v) is 7.36. The standard InChI is InChI=1S/C12H10BrCl2NS/c1-16-12(10-4-5-11(15)17-10)7-2-3-8(13)9(14)6-7/h2-6,12,16H,1H3. The first-order chi connectivity index (χ1) is 8.11. The Morgan fingerprint density at radius 2 is 2.00 bits per heavy atom. The van der Waals surface area contributed by atoms with Crippen molar-refractivity contribution in [3.05, 3.63) is 54.6 Å². The van der Waals surface area contributed by atoms with Gasteiger partial charge >= 0.3 is 0 Å². The molecule has 0 aliphatic rings. The third-order valence-corrected chi connectivity index (χ3v) is 4.97. The van der Waals surface area contributed by atoms with Gasteiger partial charge in [-0.15, -0.1) is 11.3 Å². The quantitative estimate of drug-likeness (QED) is 0.809. The molecule has 0 fully saturated rings. The molecule has 0 saturated carbocycles. The molecular weight excluding hydrogens is 341 g/mol. The molecule has 0 aliphatic heterocycles. The zero-order valence-corrected chi connectivity index (χ0v) is 12.9. The fourth-order valence-electron chi connectivity index (χ4n) is 1.65. The summed E-state index contributed by atoms with van der Waals surface area (Å²) in [6.45, 7) is 0. The second-order valence-corrected chi connectivity index (χ2v) is 6.55. The Kier molecular flexibility index (Phi) is 4.50. The molecule has 1 N–H and O–H groups in total. The van der Waals surface area contributed by atoms with Gasteiger partial charge in [0.25, 0.3) is 0 Å². The summed E-state index contributed by atoms with van der Waals surface area (Å²) in [4.78, 5) is 1.18. The van der Waals surface area contributed by atoms with Gasteiger partial charge in [0.15, 0.2) is 0 Å². The van der Waals surface area contributed by atoms with Crippen LogP contribution in [0, 0.1) is 0 Å². The monoisotopic (exact) mass is 349 g/mol. The van der Waals surface area contributed by atoms with Crippen LogP contribution in [0.25, 0.3) is 0 Å². The zero-order chi connectivity index (χ0) is 12.4.